The third-order valence-electron chi connectivity index (χ3n) is 5.03. The molecule has 4 rings (SSSR count). The number of halogens is 1. The fourth-order valence-corrected chi connectivity index (χ4v) is 3.40. The largest absolute Gasteiger partial charge is 0.501 e. The molecule has 2 N–H and O–H groups in total. The molecule has 1 fully saturated rings. The summed E-state index contributed by atoms with van der Waals surface area (Å²) in [5, 5.41) is 12.9. The molecule has 0 unspecified atom stereocenters. The maximum atomic E-state index is 13.0. The van der Waals surface area contributed by atoms with Gasteiger partial charge in [-0.25, -0.2) is 9.37 Å². The lowest BCUT2D eigenvalue weighted by atomic mass is 10.2. The molecule has 1 amide bonds. The first-order valence-corrected chi connectivity index (χ1v) is 10.6. The van der Waals surface area contributed by atoms with Crippen LogP contribution >= 0.6 is 0 Å². The van der Waals surface area contributed by atoms with E-state index in [-0.39, 0.29) is 18.1 Å². The van der Waals surface area contributed by atoms with Crippen molar-refractivity contribution in [3.63, 3.8) is 0 Å². The predicted octanol–water partition coefficient (Wildman–Crippen LogP) is 2.64. The van der Waals surface area contributed by atoms with E-state index in [2.05, 4.69) is 15.2 Å². The molecule has 0 aliphatic carbocycles. The number of aromatic nitrogens is 2. The zero-order chi connectivity index (χ0) is 23.3. The highest BCUT2D eigenvalue weighted by atomic mass is 19.1. The SMILES string of the molecule is CC.Cc1cc(N2CCOCC2)cn2c(=O)c(O)c(C(=O)NCc3ccc(F)cc3)nc12. The number of anilines is 1. The summed E-state index contributed by atoms with van der Waals surface area (Å²) < 4.78 is 19.6. The van der Waals surface area contributed by atoms with E-state index in [1.807, 2.05) is 19.9 Å². The lowest BCUT2D eigenvalue weighted by Crippen LogP contribution is -2.36. The van der Waals surface area contributed by atoms with E-state index in [4.69, 9.17) is 4.74 Å². The van der Waals surface area contributed by atoms with Crippen LogP contribution in [0.25, 0.3) is 5.65 Å². The maximum absolute atomic E-state index is 13.0. The van der Waals surface area contributed by atoms with Crippen LogP contribution in [0.2, 0.25) is 0 Å². The van der Waals surface area contributed by atoms with Gasteiger partial charge in [0.1, 0.15) is 11.5 Å². The third kappa shape index (κ3) is 4.88. The Kier molecular flexibility index (Phi) is 7.42. The van der Waals surface area contributed by atoms with Crippen molar-refractivity contribution in [1.82, 2.24) is 14.7 Å². The summed E-state index contributed by atoms with van der Waals surface area (Å²) in [4.78, 5) is 31.6. The van der Waals surface area contributed by atoms with Crippen LogP contribution in [0.3, 0.4) is 0 Å². The highest BCUT2D eigenvalue weighted by Crippen LogP contribution is 2.21. The second-order valence-corrected chi connectivity index (χ2v) is 7.10. The molecule has 0 bridgehead atoms. The maximum Gasteiger partial charge on any atom is 0.300 e. The minimum Gasteiger partial charge on any atom is -0.501 e. The van der Waals surface area contributed by atoms with Gasteiger partial charge in [-0.1, -0.05) is 26.0 Å². The number of nitrogens with zero attached hydrogens (tertiary/aromatic N) is 3. The van der Waals surface area contributed by atoms with Crippen molar-refractivity contribution in [3.05, 3.63) is 69.5 Å². The monoisotopic (exact) mass is 442 g/mol. The molecular weight excluding hydrogens is 415 g/mol. The summed E-state index contributed by atoms with van der Waals surface area (Å²) in [6, 6.07) is 7.54. The highest BCUT2D eigenvalue weighted by Gasteiger charge is 2.21. The molecule has 8 nitrogen and oxygen atoms in total. The van der Waals surface area contributed by atoms with E-state index in [0.29, 0.717) is 43.1 Å². The van der Waals surface area contributed by atoms with Crippen LogP contribution in [0.1, 0.15) is 35.5 Å². The molecule has 0 saturated carbocycles. The first-order chi connectivity index (χ1) is 15.4. The molecule has 2 aromatic heterocycles. The van der Waals surface area contributed by atoms with E-state index in [9.17, 15) is 19.1 Å². The first-order valence-electron chi connectivity index (χ1n) is 10.6. The number of benzene rings is 1. The van der Waals surface area contributed by atoms with Crippen molar-refractivity contribution >= 4 is 17.2 Å². The molecule has 0 atom stereocenters. The number of nitrogens with one attached hydrogen (secondary N) is 1. The van der Waals surface area contributed by atoms with Crippen LogP contribution in [0, 0.1) is 12.7 Å². The fraction of sp³-hybridized carbons (Fsp3) is 0.348. The minimum atomic E-state index is -0.720. The molecule has 1 aliphatic rings. The molecule has 3 heterocycles. The lowest BCUT2D eigenvalue weighted by Gasteiger charge is -2.29. The Morgan fingerprint density at radius 3 is 2.53 bits per heavy atom. The molecule has 1 aromatic carbocycles. The van der Waals surface area contributed by atoms with Crippen LogP contribution < -0.4 is 15.8 Å². The number of pyridine rings is 1. The summed E-state index contributed by atoms with van der Waals surface area (Å²) in [5.74, 6) is -1.78. The topological polar surface area (TPSA) is 96.2 Å². The smallest absolute Gasteiger partial charge is 0.300 e. The van der Waals surface area contributed by atoms with Gasteiger partial charge in [0.05, 0.1) is 18.9 Å². The van der Waals surface area contributed by atoms with Crippen molar-refractivity contribution in [1.29, 1.82) is 0 Å². The fourth-order valence-electron chi connectivity index (χ4n) is 3.40. The van der Waals surface area contributed by atoms with Gasteiger partial charge in [0.15, 0.2) is 5.69 Å². The zero-order valence-corrected chi connectivity index (χ0v) is 18.4. The van der Waals surface area contributed by atoms with Gasteiger partial charge in [-0.2, -0.15) is 0 Å². The van der Waals surface area contributed by atoms with Gasteiger partial charge in [0.2, 0.25) is 5.75 Å². The number of fused-ring (bicyclic) bond motifs is 1. The van der Waals surface area contributed by atoms with Gasteiger partial charge in [0.25, 0.3) is 5.91 Å². The van der Waals surface area contributed by atoms with Gasteiger partial charge in [0, 0.05) is 25.8 Å². The summed E-state index contributed by atoms with van der Waals surface area (Å²) in [6.07, 6.45) is 1.61. The summed E-state index contributed by atoms with van der Waals surface area (Å²) in [6.45, 7) is 8.49. The van der Waals surface area contributed by atoms with Gasteiger partial charge in [-0.3, -0.25) is 14.0 Å². The zero-order valence-electron chi connectivity index (χ0n) is 18.4. The Labute approximate surface area is 185 Å². The van der Waals surface area contributed by atoms with E-state index >= 15 is 0 Å². The van der Waals surface area contributed by atoms with Crippen LogP contribution in [0.5, 0.6) is 5.75 Å². The molecule has 0 radical (unpaired) electrons. The van der Waals surface area contributed by atoms with Crippen LogP contribution in [-0.4, -0.2) is 46.7 Å². The predicted molar refractivity (Wildman–Crippen MR) is 120 cm³/mol. The number of hydrogen-bond donors (Lipinski definition) is 2. The number of amides is 1. The van der Waals surface area contributed by atoms with Crippen molar-refractivity contribution in [2.75, 3.05) is 31.2 Å². The van der Waals surface area contributed by atoms with E-state index in [0.717, 1.165) is 5.69 Å². The van der Waals surface area contributed by atoms with Gasteiger partial charge in [-0.05, 0) is 36.2 Å². The number of ether oxygens (including phenoxy) is 1. The normalized spacial score (nSPS) is 13.4. The Balaban J connectivity index is 0.00000141. The Hall–Kier alpha value is -3.46. The minimum absolute atomic E-state index is 0.106. The molecule has 32 heavy (non-hydrogen) atoms. The van der Waals surface area contributed by atoms with E-state index < -0.39 is 17.2 Å². The average Bonchev–Trinajstić information content (AvgIpc) is 2.83. The highest BCUT2D eigenvalue weighted by molar-refractivity contribution is 5.95. The van der Waals surface area contributed by atoms with Crippen molar-refractivity contribution in [2.24, 2.45) is 0 Å². The van der Waals surface area contributed by atoms with Gasteiger partial charge in [-0.15, -0.1) is 0 Å². The van der Waals surface area contributed by atoms with Crippen molar-refractivity contribution < 1.29 is 19.0 Å². The Morgan fingerprint density at radius 2 is 1.88 bits per heavy atom. The van der Waals surface area contributed by atoms with Crippen LogP contribution in [-0.2, 0) is 11.3 Å². The molecule has 3 aromatic rings. The van der Waals surface area contributed by atoms with Crippen molar-refractivity contribution in [3.8, 4) is 5.75 Å². The number of carbonyl (C=O) groups excluding carboxylic acids is 1. The second kappa shape index (κ2) is 10.2. The summed E-state index contributed by atoms with van der Waals surface area (Å²) in [5.41, 5.74) is 1.42. The number of hydrogen-bond acceptors (Lipinski definition) is 6. The number of carbonyl (C=O) groups is 1. The molecule has 170 valence electrons. The molecular formula is C23H27FN4O4. The molecule has 1 saturated heterocycles. The summed E-state index contributed by atoms with van der Waals surface area (Å²) in [7, 11) is 0. The number of morpholine rings is 1. The number of aryl methyl sites for hydroxylation is 1. The van der Waals surface area contributed by atoms with E-state index in [1.54, 1.807) is 13.1 Å². The van der Waals surface area contributed by atoms with Crippen molar-refractivity contribution in [2.45, 2.75) is 27.3 Å². The van der Waals surface area contributed by atoms with Gasteiger partial charge >= 0.3 is 5.56 Å². The standard InChI is InChI=1S/C21H21FN4O4.C2H6/c1-13-10-16(25-6-8-30-9-7-25)12-26-19(13)24-17(18(27)21(26)29)20(28)23-11-14-2-4-15(22)5-3-14;1-2/h2-5,10,12,27H,6-9,11H2,1H3,(H,23,28);1-2H3. The first kappa shape index (κ1) is 23.2. The second-order valence-electron chi connectivity index (χ2n) is 7.10. The average molecular weight is 442 g/mol. The van der Waals surface area contributed by atoms with Crippen LogP contribution in [0.4, 0.5) is 10.1 Å². The van der Waals surface area contributed by atoms with Crippen LogP contribution in [0.15, 0.2) is 41.3 Å². The van der Waals surface area contributed by atoms with Gasteiger partial charge < -0.3 is 20.1 Å². The molecule has 0 spiro atoms. The third-order valence-corrected chi connectivity index (χ3v) is 5.03. The Morgan fingerprint density at radius 1 is 1.22 bits per heavy atom. The number of aromatic hydroxyl groups is 1. The Bertz CT molecular complexity index is 1160. The lowest BCUT2D eigenvalue weighted by molar-refractivity contribution is 0.0942. The molecule has 1 aliphatic heterocycles. The van der Waals surface area contributed by atoms with E-state index in [1.165, 1.54) is 28.7 Å². The summed E-state index contributed by atoms with van der Waals surface area (Å²) >= 11 is 0. The quantitative estimate of drug-likeness (QED) is 0.645. The molecule has 9 heteroatoms. The number of rotatable bonds is 4.